The van der Waals surface area contributed by atoms with Gasteiger partial charge in [-0.1, -0.05) is 58.2 Å². The third-order valence-electron chi connectivity index (χ3n) is 4.87. The van der Waals surface area contributed by atoms with Crippen molar-refractivity contribution in [1.82, 2.24) is 15.7 Å². The highest BCUT2D eigenvalue weighted by Gasteiger charge is 2.32. The molecule has 0 unspecified atom stereocenters. The minimum absolute atomic E-state index is 0.219. The number of thiocarbonyl (C=S) groups is 1. The predicted molar refractivity (Wildman–Crippen MR) is 104 cm³/mol. The van der Waals surface area contributed by atoms with E-state index in [0.717, 1.165) is 19.3 Å². The van der Waals surface area contributed by atoms with Crippen molar-refractivity contribution in [3.8, 4) is 0 Å². The Morgan fingerprint density at radius 1 is 1.23 bits per heavy atom. The molecular weight excluding hydrogens is 354 g/mol. The van der Waals surface area contributed by atoms with Crippen LogP contribution in [0.1, 0.15) is 58.8 Å². The molecule has 1 rings (SSSR count). The summed E-state index contributed by atoms with van der Waals surface area (Å²) in [6.45, 7) is 4.51. The Bertz CT molecular complexity index is 481. The summed E-state index contributed by atoms with van der Waals surface area (Å²) in [4.78, 5) is 26.5. The zero-order valence-corrected chi connectivity index (χ0v) is 16.8. The van der Waals surface area contributed by atoms with Crippen LogP contribution in [-0.2, 0) is 9.59 Å². The zero-order chi connectivity index (χ0) is 19.7. The maximum Gasteiger partial charge on any atom is 0.272 e. The number of rotatable bonds is 9. The Morgan fingerprint density at radius 3 is 2.35 bits per heavy atom. The van der Waals surface area contributed by atoms with E-state index in [2.05, 4.69) is 5.32 Å². The number of aliphatic hydroxyl groups excluding tert-OH is 1. The number of carbonyl (C=O) groups excluding carboxylic acids is 2. The van der Waals surface area contributed by atoms with Gasteiger partial charge < -0.3 is 15.3 Å². The van der Waals surface area contributed by atoms with E-state index < -0.39 is 12.0 Å². The van der Waals surface area contributed by atoms with Gasteiger partial charge in [0.1, 0.15) is 6.10 Å². The first-order valence-electron chi connectivity index (χ1n) is 9.43. The maximum atomic E-state index is 12.8. The largest absolute Gasteiger partial charge is 0.383 e. The first-order chi connectivity index (χ1) is 12.3. The van der Waals surface area contributed by atoms with Crippen molar-refractivity contribution in [1.29, 1.82) is 0 Å². The number of nitrogens with zero attached hydrogens (tertiary/aromatic N) is 1. The molecule has 0 heterocycles. The summed E-state index contributed by atoms with van der Waals surface area (Å²) in [6.07, 6.45) is 4.78. The van der Waals surface area contributed by atoms with Crippen LogP contribution in [0.4, 0.5) is 0 Å². The van der Waals surface area contributed by atoms with Gasteiger partial charge in [-0.2, -0.15) is 0 Å². The number of nitrogens with one attached hydrogen (secondary N) is 2. The topological polar surface area (TPSA) is 102 Å². The van der Waals surface area contributed by atoms with Crippen molar-refractivity contribution >= 4 is 29.0 Å². The van der Waals surface area contributed by atoms with E-state index in [1.54, 1.807) is 11.9 Å². The fourth-order valence-electron chi connectivity index (χ4n) is 3.53. The average Bonchev–Trinajstić information content (AvgIpc) is 2.63. The van der Waals surface area contributed by atoms with Crippen molar-refractivity contribution in [2.45, 2.75) is 70.9 Å². The molecular formula is C18H33N3O4S. The number of aliphatic hydroxyl groups is 1. The number of hydroxylamine groups is 1. The Kier molecular flexibility index (Phi) is 10.0. The summed E-state index contributed by atoms with van der Waals surface area (Å²) in [6, 6.07) is -0.252. The molecule has 2 atom stereocenters. The van der Waals surface area contributed by atoms with Crippen LogP contribution in [-0.4, -0.2) is 57.8 Å². The van der Waals surface area contributed by atoms with Crippen LogP contribution in [0.15, 0.2) is 0 Å². The SMILES string of the molecule is CNC(=S)[C@H](CC1CCCCC1)N(CC(C)C)C(=O)C[C@H](O)C(=O)NO. The molecule has 26 heavy (non-hydrogen) atoms. The summed E-state index contributed by atoms with van der Waals surface area (Å²) >= 11 is 5.49. The molecule has 0 aromatic heterocycles. The minimum Gasteiger partial charge on any atom is -0.383 e. The molecule has 0 spiro atoms. The fourth-order valence-corrected chi connectivity index (χ4v) is 3.75. The number of hydrogen-bond acceptors (Lipinski definition) is 5. The molecule has 0 aliphatic heterocycles. The summed E-state index contributed by atoms with van der Waals surface area (Å²) in [5, 5.41) is 21.4. The molecule has 7 nitrogen and oxygen atoms in total. The van der Waals surface area contributed by atoms with Gasteiger partial charge in [-0.15, -0.1) is 0 Å². The second-order valence-electron chi connectivity index (χ2n) is 7.51. The van der Waals surface area contributed by atoms with E-state index >= 15 is 0 Å². The van der Waals surface area contributed by atoms with Gasteiger partial charge in [0.05, 0.1) is 17.5 Å². The number of hydrogen-bond donors (Lipinski definition) is 4. The highest BCUT2D eigenvalue weighted by Crippen LogP contribution is 2.29. The lowest BCUT2D eigenvalue weighted by Crippen LogP contribution is -2.51. The summed E-state index contributed by atoms with van der Waals surface area (Å²) in [5.41, 5.74) is 1.38. The lowest BCUT2D eigenvalue weighted by molar-refractivity contribution is -0.145. The number of amides is 2. The minimum atomic E-state index is -1.58. The monoisotopic (exact) mass is 387 g/mol. The van der Waals surface area contributed by atoms with Crippen LogP contribution in [0.25, 0.3) is 0 Å². The third-order valence-corrected chi connectivity index (χ3v) is 5.35. The Labute approximate surface area is 161 Å². The lowest BCUT2D eigenvalue weighted by Gasteiger charge is -2.37. The molecule has 150 valence electrons. The van der Waals surface area contributed by atoms with Crippen LogP contribution in [0.3, 0.4) is 0 Å². The van der Waals surface area contributed by atoms with Crippen molar-refractivity contribution in [2.75, 3.05) is 13.6 Å². The maximum absolute atomic E-state index is 12.8. The number of likely N-dealkylation sites (N-methyl/N-ethyl adjacent to an activating group) is 1. The fraction of sp³-hybridized carbons (Fsp3) is 0.833. The van der Waals surface area contributed by atoms with Crippen LogP contribution in [0, 0.1) is 11.8 Å². The molecule has 1 aliphatic rings. The molecule has 2 amide bonds. The van der Waals surface area contributed by atoms with E-state index in [4.69, 9.17) is 17.4 Å². The zero-order valence-electron chi connectivity index (χ0n) is 16.0. The van der Waals surface area contributed by atoms with Crippen LogP contribution in [0.2, 0.25) is 0 Å². The molecule has 0 aromatic carbocycles. The van der Waals surface area contributed by atoms with Crippen LogP contribution >= 0.6 is 12.2 Å². The van der Waals surface area contributed by atoms with Gasteiger partial charge in [0.25, 0.3) is 5.91 Å². The van der Waals surface area contributed by atoms with E-state index in [1.165, 1.54) is 24.7 Å². The van der Waals surface area contributed by atoms with E-state index in [1.807, 2.05) is 13.8 Å². The van der Waals surface area contributed by atoms with Gasteiger partial charge in [-0.25, -0.2) is 5.48 Å². The van der Waals surface area contributed by atoms with Crippen LogP contribution in [0.5, 0.6) is 0 Å². The van der Waals surface area contributed by atoms with Crippen LogP contribution < -0.4 is 10.8 Å². The summed E-state index contributed by atoms with van der Waals surface area (Å²) < 4.78 is 0. The van der Waals surface area contributed by atoms with Gasteiger partial charge in [0.2, 0.25) is 5.91 Å². The third kappa shape index (κ3) is 7.17. The molecule has 0 bridgehead atoms. The van der Waals surface area contributed by atoms with E-state index in [0.29, 0.717) is 17.5 Å². The highest BCUT2D eigenvalue weighted by atomic mass is 32.1. The highest BCUT2D eigenvalue weighted by molar-refractivity contribution is 7.80. The molecule has 1 aliphatic carbocycles. The first kappa shape index (κ1) is 22.8. The van der Waals surface area contributed by atoms with E-state index in [-0.39, 0.29) is 24.3 Å². The van der Waals surface area contributed by atoms with Crippen molar-refractivity contribution in [2.24, 2.45) is 11.8 Å². The molecule has 4 N–H and O–H groups in total. The molecule has 1 fully saturated rings. The van der Waals surface area contributed by atoms with Gasteiger partial charge >= 0.3 is 0 Å². The van der Waals surface area contributed by atoms with Gasteiger partial charge in [-0.3, -0.25) is 14.8 Å². The molecule has 0 radical (unpaired) electrons. The Hall–Kier alpha value is -1.25. The Balaban J connectivity index is 2.95. The number of carbonyl (C=O) groups is 2. The van der Waals surface area contributed by atoms with Crippen molar-refractivity contribution < 1.29 is 19.9 Å². The van der Waals surface area contributed by atoms with Gasteiger partial charge in [0.15, 0.2) is 0 Å². The molecule has 0 aromatic rings. The average molecular weight is 388 g/mol. The smallest absolute Gasteiger partial charge is 0.272 e. The Morgan fingerprint density at radius 2 is 1.85 bits per heavy atom. The second kappa shape index (κ2) is 11.5. The predicted octanol–water partition coefficient (Wildman–Crippen LogP) is 1.61. The molecule has 1 saturated carbocycles. The molecule has 8 heteroatoms. The van der Waals surface area contributed by atoms with Gasteiger partial charge in [-0.05, 0) is 18.3 Å². The normalized spacial score (nSPS) is 17.5. The first-order valence-corrected chi connectivity index (χ1v) is 9.84. The van der Waals surface area contributed by atoms with Crippen molar-refractivity contribution in [3.63, 3.8) is 0 Å². The molecule has 0 saturated heterocycles. The lowest BCUT2D eigenvalue weighted by atomic mass is 9.84. The van der Waals surface area contributed by atoms with E-state index in [9.17, 15) is 14.7 Å². The summed E-state index contributed by atoms with van der Waals surface area (Å²) in [7, 11) is 1.75. The van der Waals surface area contributed by atoms with Gasteiger partial charge in [0, 0.05) is 13.6 Å². The van der Waals surface area contributed by atoms with Crippen molar-refractivity contribution in [3.05, 3.63) is 0 Å². The summed E-state index contributed by atoms with van der Waals surface area (Å²) in [5.74, 6) is -0.583. The quantitative estimate of drug-likeness (QED) is 0.272. The standard InChI is InChI=1S/C18H33N3O4S/c1-12(2)11-21(16(23)10-15(22)17(24)20-25)14(18(26)19-3)9-13-7-5-4-6-8-13/h12-15,22,25H,4-11H2,1-3H3,(H,19,26)(H,20,24)/t14-,15-/m0/s1. The second-order valence-corrected chi connectivity index (χ2v) is 7.95.